The standard InChI is InChI=1S/C15H18N4S/c1-10-6-7-11(9-13(10)19(2)3)18-12-5-4-8-17-14(12)15(16)20/h4-9,18H,1-3H3,(H2,16,20). The number of hydrogen-bond donors (Lipinski definition) is 2. The van der Waals surface area contributed by atoms with E-state index in [4.69, 9.17) is 18.0 Å². The first-order chi connectivity index (χ1) is 9.49. The van der Waals surface area contributed by atoms with Gasteiger partial charge >= 0.3 is 0 Å². The molecule has 104 valence electrons. The van der Waals surface area contributed by atoms with Gasteiger partial charge in [0, 0.05) is 31.7 Å². The highest BCUT2D eigenvalue weighted by molar-refractivity contribution is 7.80. The van der Waals surface area contributed by atoms with Gasteiger partial charge in [-0.2, -0.15) is 0 Å². The molecule has 0 amide bonds. The van der Waals surface area contributed by atoms with Crippen LogP contribution in [0.5, 0.6) is 0 Å². The molecule has 0 bridgehead atoms. The first-order valence-corrected chi connectivity index (χ1v) is 6.69. The lowest BCUT2D eigenvalue weighted by Gasteiger charge is -2.18. The van der Waals surface area contributed by atoms with Crippen molar-refractivity contribution in [2.45, 2.75) is 6.92 Å². The largest absolute Gasteiger partial charge is 0.388 e. The SMILES string of the molecule is Cc1ccc(Nc2cccnc2C(N)=S)cc1N(C)C. The number of anilines is 3. The van der Waals surface area contributed by atoms with Gasteiger partial charge in [0.1, 0.15) is 10.7 Å². The summed E-state index contributed by atoms with van der Waals surface area (Å²) in [6.07, 6.45) is 1.68. The third-order valence-corrected chi connectivity index (χ3v) is 3.20. The number of nitrogens with two attached hydrogens (primary N) is 1. The summed E-state index contributed by atoms with van der Waals surface area (Å²) in [6, 6.07) is 9.96. The lowest BCUT2D eigenvalue weighted by Crippen LogP contribution is -2.14. The van der Waals surface area contributed by atoms with Crippen LogP contribution in [0, 0.1) is 6.92 Å². The van der Waals surface area contributed by atoms with Crippen molar-refractivity contribution in [3.8, 4) is 0 Å². The normalized spacial score (nSPS) is 10.2. The Morgan fingerprint density at radius 2 is 2.05 bits per heavy atom. The first-order valence-electron chi connectivity index (χ1n) is 6.29. The predicted octanol–water partition coefficient (Wildman–Crippen LogP) is 2.83. The summed E-state index contributed by atoms with van der Waals surface area (Å²) in [7, 11) is 4.05. The topological polar surface area (TPSA) is 54.2 Å². The molecular weight excluding hydrogens is 268 g/mol. The van der Waals surface area contributed by atoms with Gasteiger partial charge in [0.25, 0.3) is 0 Å². The van der Waals surface area contributed by atoms with E-state index in [0.717, 1.165) is 17.1 Å². The van der Waals surface area contributed by atoms with Crippen LogP contribution in [-0.2, 0) is 0 Å². The molecule has 1 aromatic heterocycles. The Balaban J connectivity index is 2.36. The molecule has 2 rings (SSSR count). The lowest BCUT2D eigenvalue weighted by molar-refractivity contribution is 1.11. The fourth-order valence-electron chi connectivity index (χ4n) is 2.03. The van der Waals surface area contributed by atoms with E-state index in [1.165, 1.54) is 5.56 Å². The summed E-state index contributed by atoms with van der Waals surface area (Å²) in [5.74, 6) is 0. The van der Waals surface area contributed by atoms with E-state index < -0.39 is 0 Å². The minimum atomic E-state index is 0.285. The van der Waals surface area contributed by atoms with Crippen LogP contribution in [0.25, 0.3) is 0 Å². The molecule has 0 unspecified atom stereocenters. The van der Waals surface area contributed by atoms with Crippen molar-refractivity contribution >= 4 is 34.3 Å². The minimum Gasteiger partial charge on any atom is -0.388 e. The van der Waals surface area contributed by atoms with Crippen LogP contribution >= 0.6 is 12.2 Å². The monoisotopic (exact) mass is 286 g/mol. The van der Waals surface area contributed by atoms with Crippen molar-refractivity contribution in [2.24, 2.45) is 5.73 Å². The number of pyridine rings is 1. The van der Waals surface area contributed by atoms with Crippen LogP contribution in [-0.4, -0.2) is 24.1 Å². The molecule has 0 saturated carbocycles. The quantitative estimate of drug-likeness (QED) is 0.847. The van der Waals surface area contributed by atoms with Crippen molar-refractivity contribution in [3.05, 3.63) is 47.8 Å². The number of thiocarbonyl (C=S) groups is 1. The molecule has 3 N–H and O–H groups in total. The van der Waals surface area contributed by atoms with Gasteiger partial charge in [0.2, 0.25) is 0 Å². The van der Waals surface area contributed by atoms with E-state index in [1.807, 2.05) is 32.3 Å². The Bertz CT molecular complexity index is 638. The third-order valence-electron chi connectivity index (χ3n) is 3.01. The summed E-state index contributed by atoms with van der Waals surface area (Å²) >= 11 is 5.02. The molecule has 2 aromatic rings. The van der Waals surface area contributed by atoms with E-state index in [9.17, 15) is 0 Å². The summed E-state index contributed by atoms with van der Waals surface area (Å²) < 4.78 is 0. The van der Waals surface area contributed by atoms with E-state index in [2.05, 4.69) is 34.3 Å². The smallest absolute Gasteiger partial charge is 0.124 e. The summed E-state index contributed by atoms with van der Waals surface area (Å²) in [5.41, 5.74) is 10.5. The van der Waals surface area contributed by atoms with Gasteiger partial charge in [0.15, 0.2) is 0 Å². The molecule has 5 heteroatoms. The van der Waals surface area contributed by atoms with Gasteiger partial charge in [-0.3, -0.25) is 4.98 Å². The Labute approximate surface area is 124 Å². The summed E-state index contributed by atoms with van der Waals surface area (Å²) in [5, 5.41) is 3.32. The van der Waals surface area contributed by atoms with Crippen LogP contribution in [0.2, 0.25) is 0 Å². The number of rotatable bonds is 4. The highest BCUT2D eigenvalue weighted by Gasteiger charge is 2.08. The Kier molecular flexibility index (Phi) is 4.20. The highest BCUT2D eigenvalue weighted by Crippen LogP contribution is 2.26. The maximum atomic E-state index is 5.69. The Hall–Kier alpha value is -2.14. The van der Waals surface area contributed by atoms with Crippen molar-refractivity contribution in [1.82, 2.24) is 4.98 Å². The first kappa shape index (κ1) is 14.3. The zero-order chi connectivity index (χ0) is 14.7. The molecule has 0 fully saturated rings. The molecule has 0 radical (unpaired) electrons. The van der Waals surface area contributed by atoms with Crippen molar-refractivity contribution in [3.63, 3.8) is 0 Å². The van der Waals surface area contributed by atoms with Gasteiger partial charge in [-0.15, -0.1) is 0 Å². The maximum Gasteiger partial charge on any atom is 0.124 e. The molecular formula is C15H18N4S. The molecule has 1 heterocycles. The van der Waals surface area contributed by atoms with Crippen molar-refractivity contribution in [2.75, 3.05) is 24.3 Å². The van der Waals surface area contributed by atoms with Crippen LogP contribution in [0.1, 0.15) is 11.3 Å². The van der Waals surface area contributed by atoms with Gasteiger partial charge in [0.05, 0.1) is 5.69 Å². The van der Waals surface area contributed by atoms with Gasteiger partial charge in [-0.1, -0.05) is 18.3 Å². The zero-order valence-electron chi connectivity index (χ0n) is 11.8. The number of aryl methyl sites for hydroxylation is 1. The van der Waals surface area contributed by atoms with E-state index in [1.54, 1.807) is 6.20 Å². The minimum absolute atomic E-state index is 0.285. The average molecular weight is 286 g/mol. The number of nitrogens with one attached hydrogen (secondary N) is 1. The molecule has 20 heavy (non-hydrogen) atoms. The maximum absolute atomic E-state index is 5.69. The van der Waals surface area contributed by atoms with Crippen molar-refractivity contribution < 1.29 is 0 Å². The second-order valence-electron chi connectivity index (χ2n) is 4.78. The van der Waals surface area contributed by atoms with Gasteiger partial charge in [-0.25, -0.2) is 0 Å². The molecule has 0 aliphatic rings. The summed E-state index contributed by atoms with van der Waals surface area (Å²) in [6.45, 7) is 2.09. The van der Waals surface area contributed by atoms with E-state index in [0.29, 0.717) is 5.69 Å². The predicted molar refractivity (Wildman–Crippen MR) is 88.9 cm³/mol. The molecule has 4 nitrogen and oxygen atoms in total. The lowest BCUT2D eigenvalue weighted by atomic mass is 10.1. The zero-order valence-corrected chi connectivity index (χ0v) is 12.7. The van der Waals surface area contributed by atoms with Crippen LogP contribution in [0.4, 0.5) is 17.1 Å². The van der Waals surface area contributed by atoms with Gasteiger partial charge < -0.3 is 16.0 Å². The average Bonchev–Trinajstić information content (AvgIpc) is 2.41. The van der Waals surface area contributed by atoms with E-state index >= 15 is 0 Å². The number of aromatic nitrogens is 1. The number of hydrogen-bond acceptors (Lipinski definition) is 4. The number of benzene rings is 1. The Morgan fingerprint density at radius 1 is 1.30 bits per heavy atom. The molecule has 0 saturated heterocycles. The fraction of sp³-hybridized carbons (Fsp3) is 0.200. The van der Waals surface area contributed by atoms with Crippen LogP contribution < -0.4 is 16.0 Å². The van der Waals surface area contributed by atoms with Gasteiger partial charge in [-0.05, 0) is 36.8 Å². The van der Waals surface area contributed by atoms with Crippen LogP contribution in [0.3, 0.4) is 0 Å². The third kappa shape index (κ3) is 3.05. The second-order valence-corrected chi connectivity index (χ2v) is 5.22. The molecule has 0 aliphatic carbocycles. The van der Waals surface area contributed by atoms with Crippen molar-refractivity contribution in [1.29, 1.82) is 0 Å². The summed E-state index contributed by atoms with van der Waals surface area (Å²) in [4.78, 5) is 6.58. The Morgan fingerprint density at radius 3 is 2.70 bits per heavy atom. The number of nitrogens with zero attached hydrogens (tertiary/aromatic N) is 2. The van der Waals surface area contributed by atoms with Crippen LogP contribution in [0.15, 0.2) is 36.5 Å². The fourth-order valence-corrected chi connectivity index (χ4v) is 2.19. The highest BCUT2D eigenvalue weighted by atomic mass is 32.1. The molecule has 0 atom stereocenters. The molecule has 1 aromatic carbocycles. The molecule has 0 aliphatic heterocycles. The second kappa shape index (κ2) is 5.88. The van der Waals surface area contributed by atoms with E-state index in [-0.39, 0.29) is 4.99 Å². The molecule has 0 spiro atoms.